The number of rotatable bonds is 2. The van der Waals surface area contributed by atoms with Crippen LogP contribution in [0, 0.1) is 0 Å². The molecule has 2 aromatic rings. The molecule has 1 unspecified atom stereocenters. The minimum absolute atomic E-state index is 0.0422. The Morgan fingerprint density at radius 2 is 1.70 bits per heavy atom. The van der Waals surface area contributed by atoms with Gasteiger partial charge in [0, 0.05) is 34.8 Å². The van der Waals surface area contributed by atoms with Gasteiger partial charge in [-0.25, -0.2) is 4.79 Å². The lowest BCUT2D eigenvalue weighted by molar-refractivity contribution is 0.0214. The van der Waals surface area contributed by atoms with Gasteiger partial charge in [-0.1, -0.05) is 39.7 Å². The summed E-state index contributed by atoms with van der Waals surface area (Å²) in [6, 6.07) is 16.1. The smallest absolute Gasteiger partial charge is 0.410 e. The van der Waals surface area contributed by atoms with E-state index in [1.54, 1.807) is 4.90 Å². The SMILES string of the molecule is CC(C)(C)OC(=O)N1CCN(c2ccc(Cl)cc2)C(c2ccc(Br)cc2)C1. The molecule has 6 heteroatoms. The first-order valence-electron chi connectivity index (χ1n) is 8.98. The highest BCUT2D eigenvalue weighted by Gasteiger charge is 2.33. The monoisotopic (exact) mass is 450 g/mol. The number of hydrogen-bond acceptors (Lipinski definition) is 3. The fourth-order valence-corrected chi connectivity index (χ4v) is 3.58. The van der Waals surface area contributed by atoms with Gasteiger partial charge in [0.15, 0.2) is 0 Å². The van der Waals surface area contributed by atoms with Crippen molar-refractivity contribution in [3.8, 4) is 0 Å². The molecule has 0 radical (unpaired) electrons. The summed E-state index contributed by atoms with van der Waals surface area (Å²) in [6.07, 6.45) is -0.264. The molecule has 0 aromatic heterocycles. The number of halogens is 2. The lowest BCUT2D eigenvalue weighted by Crippen LogP contribution is -2.51. The summed E-state index contributed by atoms with van der Waals surface area (Å²) >= 11 is 9.55. The number of nitrogens with zero attached hydrogens (tertiary/aromatic N) is 2. The number of hydrogen-bond donors (Lipinski definition) is 0. The van der Waals surface area contributed by atoms with Crippen LogP contribution in [0.5, 0.6) is 0 Å². The molecule has 0 saturated carbocycles. The van der Waals surface area contributed by atoms with E-state index in [0.717, 1.165) is 22.3 Å². The molecule has 0 aliphatic carbocycles. The van der Waals surface area contributed by atoms with Gasteiger partial charge < -0.3 is 14.5 Å². The first-order chi connectivity index (χ1) is 12.7. The second-order valence-electron chi connectivity index (χ2n) is 7.66. The van der Waals surface area contributed by atoms with E-state index in [9.17, 15) is 4.79 Å². The zero-order valence-electron chi connectivity index (χ0n) is 15.8. The average Bonchev–Trinajstić information content (AvgIpc) is 2.61. The van der Waals surface area contributed by atoms with Crippen molar-refractivity contribution in [2.45, 2.75) is 32.4 Å². The Labute approximate surface area is 174 Å². The van der Waals surface area contributed by atoms with Gasteiger partial charge in [0.05, 0.1) is 6.04 Å². The van der Waals surface area contributed by atoms with Crippen molar-refractivity contribution in [1.29, 1.82) is 0 Å². The Bertz CT molecular complexity index is 787. The topological polar surface area (TPSA) is 32.8 Å². The maximum Gasteiger partial charge on any atom is 0.410 e. The summed E-state index contributed by atoms with van der Waals surface area (Å²) in [5.41, 5.74) is 1.75. The second-order valence-corrected chi connectivity index (χ2v) is 9.02. The van der Waals surface area contributed by atoms with Crippen LogP contribution in [0.2, 0.25) is 5.02 Å². The third-order valence-electron chi connectivity index (χ3n) is 4.45. The molecule has 3 rings (SSSR count). The lowest BCUT2D eigenvalue weighted by Gasteiger charge is -2.43. The van der Waals surface area contributed by atoms with Crippen LogP contribution in [0.4, 0.5) is 10.5 Å². The molecular formula is C21H24BrClN2O2. The molecule has 144 valence electrons. The third kappa shape index (κ3) is 5.17. The molecule has 2 aromatic carbocycles. The average molecular weight is 452 g/mol. The molecule has 1 atom stereocenters. The van der Waals surface area contributed by atoms with Crippen molar-refractivity contribution in [2.75, 3.05) is 24.5 Å². The van der Waals surface area contributed by atoms with E-state index >= 15 is 0 Å². The van der Waals surface area contributed by atoms with Gasteiger partial charge in [-0.15, -0.1) is 0 Å². The molecule has 1 saturated heterocycles. The zero-order chi connectivity index (χ0) is 19.6. The van der Waals surface area contributed by atoms with Crippen LogP contribution in [-0.4, -0.2) is 36.2 Å². The van der Waals surface area contributed by atoms with Crippen LogP contribution < -0.4 is 4.90 Å². The number of ether oxygens (including phenoxy) is 1. The van der Waals surface area contributed by atoms with E-state index in [0.29, 0.717) is 18.1 Å². The standard InChI is InChI=1S/C21H24BrClN2O2/c1-21(2,3)27-20(26)24-12-13-25(18-10-8-17(23)9-11-18)19(14-24)15-4-6-16(22)7-5-15/h4-11,19H,12-14H2,1-3H3. The Balaban J connectivity index is 1.87. The van der Waals surface area contributed by atoms with Crippen LogP contribution in [0.25, 0.3) is 0 Å². The van der Waals surface area contributed by atoms with E-state index in [4.69, 9.17) is 16.3 Å². The van der Waals surface area contributed by atoms with Gasteiger partial charge in [-0.3, -0.25) is 0 Å². The van der Waals surface area contributed by atoms with E-state index in [-0.39, 0.29) is 12.1 Å². The summed E-state index contributed by atoms with van der Waals surface area (Å²) in [5.74, 6) is 0. The lowest BCUT2D eigenvalue weighted by atomic mass is 10.0. The minimum Gasteiger partial charge on any atom is -0.444 e. The Morgan fingerprint density at radius 3 is 2.30 bits per heavy atom. The summed E-state index contributed by atoms with van der Waals surface area (Å²) in [6.45, 7) is 7.58. The second kappa shape index (κ2) is 8.11. The van der Waals surface area contributed by atoms with Crippen molar-refractivity contribution >= 4 is 39.3 Å². The van der Waals surface area contributed by atoms with Crippen LogP contribution in [0.1, 0.15) is 32.4 Å². The van der Waals surface area contributed by atoms with Crippen LogP contribution in [-0.2, 0) is 4.74 Å². The fourth-order valence-electron chi connectivity index (χ4n) is 3.19. The van der Waals surface area contributed by atoms with E-state index in [1.165, 1.54) is 0 Å². The largest absolute Gasteiger partial charge is 0.444 e. The molecule has 0 bridgehead atoms. The van der Waals surface area contributed by atoms with Crippen molar-refractivity contribution in [3.05, 3.63) is 63.6 Å². The maximum atomic E-state index is 12.6. The van der Waals surface area contributed by atoms with Crippen LogP contribution in [0.15, 0.2) is 53.0 Å². The minimum atomic E-state index is -0.502. The van der Waals surface area contributed by atoms with Crippen molar-refractivity contribution < 1.29 is 9.53 Å². The van der Waals surface area contributed by atoms with Crippen LogP contribution >= 0.6 is 27.5 Å². The van der Waals surface area contributed by atoms with Gasteiger partial charge in [0.25, 0.3) is 0 Å². The quantitative estimate of drug-likeness (QED) is 0.570. The third-order valence-corrected chi connectivity index (χ3v) is 5.23. The molecule has 0 N–H and O–H groups in total. The zero-order valence-corrected chi connectivity index (χ0v) is 18.1. The van der Waals surface area contributed by atoms with Gasteiger partial charge in [-0.05, 0) is 62.7 Å². The highest BCUT2D eigenvalue weighted by Crippen LogP contribution is 2.32. The van der Waals surface area contributed by atoms with Crippen molar-refractivity contribution in [2.24, 2.45) is 0 Å². The number of anilines is 1. The summed E-state index contributed by atoms with van der Waals surface area (Å²) in [5, 5.41) is 0.714. The Morgan fingerprint density at radius 1 is 1.07 bits per heavy atom. The molecule has 1 aliphatic rings. The van der Waals surface area contributed by atoms with Gasteiger partial charge >= 0.3 is 6.09 Å². The Hall–Kier alpha value is -1.72. The van der Waals surface area contributed by atoms with Gasteiger partial charge in [0.2, 0.25) is 0 Å². The molecule has 0 spiro atoms. The Kier molecular flexibility index (Phi) is 6.02. The van der Waals surface area contributed by atoms with Crippen molar-refractivity contribution in [3.63, 3.8) is 0 Å². The van der Waals surface area contributed by atoms with Crippen LogP contribution in [0.3, 0.4) is 0 Å². The van der Waals surface area contributed by atoms with Gasteiger partial charge in [0.1, 0.15) is 5.60 Å². The fraction of sp³-hybridized carbons (Fsp3) is 0.381. The van der Waals surface area contributed by atoms with E-state index < -0.39 is 5.60 Å². The maximum absolute atomic E-state index is 12.6. The molecule has 1 heterocycles. The molecule has 1 amide bonds. The number of piperazine rings is 1. The molecule has 1 fully saturated rings. The summed E-state index contributed by atoms with van der Waals surface area (Å²) in [4.78, 5) is 16.7. The van der Waals surface area contributed by atoms with Crippen molar-refractivity contribution in [1.82, 2.24) is 4.90 Å². The van der Waals surface area contributed by atoms with E-state index in [1.807, 2.05) is 57.2 Å². The first kappa shape index (κ1) is 20.0. The predicted octanol–water partition coefficient (Wildman–Crippen LogP) is 5.90. The number of amides is 1. The molecule has 1 aliphatic heterocycles. The molecular weight excluding hydrogens is 428 g/mol. The van der Waals surface area contributed by atoms with E-state index in [2.05, 4.69) is 33.0 Å². The normalized spacial score (nSPS) is 17.7. The first-order valence-corrected chi connectivity index (χ1v) is 10.2. The highest BCUT2D eigenvalue weighted by atomic mass is 79.9. The van der Waals surface area contributed by atoms with Gasteiger partial charge in [-0.2, -0.15) is 0 Å². The number of carbonyl (C=O) groups is 1. The predicted molar refractivity (Wildman–Crippen MR) is 113 cm³/mol. The number of carbonyl (C=O) groups excluding carboxylic acids is 1. The highest BCUT2D eigenvalue weighted by molar-refractivity contribution is 9.10. The molecule has 27 heavy (non-hydrogen) atoms. The summed E-state index contributed by atoms with van der Waals surface area (Å²) in [7, 11) is 0. The molecule has 4 nitrogen and oxygen atoms in total. The summed E-state index contributed by atoms with van der Waals surface area (Å²) < 4.78 is 6.61. The number of benzene rings is 2.